The number of hydrogen-bond donors (Lipinski definition) is 1. The van der Waals surface area contributed by atoms with Crippen LogP contribution in [0.2, 0.25) is 0 Å². The van der Waals surface area contributed by atoms with Crippen LogP contribution in [0.1, 0.15) is 30.3 Å². The lowest BCUT2D eigenvalue weighted by molar-refractivity contribution is -0.111. The van der Waals surface area contributed by atoms with E-state index in [9.17, 15) is 4.79 Å². The van der Waals surface area contributed by atoms with Gasteiger partial charge in [-0.2, -0.15) is 10.4 Å². The Labute approximate surface area is 181 Å². The highest BCUT2D eigenvalue weighted by molar-refractivity contribution is 8.00. The average Bonchev–Trinajstić information content (AvgIpc) is 3.02. The minimum absolute atomic E-state index is 0.151. The number of aryl methyl sites for hydroxylation is 1. The molecule has 3 aromatic rings. The first-order valence-corrected chi connectivity index (χ1v) is 10.6. The quantitative estimate of drug-likeness (QED) is 0.406. The van der Waals surface area contributed by atoms with Gasteiger partial charge in [-0.15, -0.1) is 11.8 Å². The fourth-order valence-corrected chi connectivity index (χ4v) is 4.10. The summed E-state index contributed by atoms with van der Waals surface area (Å²) in [6.45, 7) is 5.93. The molecule has 0 spiro atoms. The van der Waals surface area contributed by atoms with Gasteiger partial charge in [0, 0.05) is 33.9 Å². The van der Waals surface area contributed by atoms with E-state index < -0.39 is 0 Å². The van der Waals surface area contributed by atoms with Gasteiger partial charge in [0.05, 0.1) is 23.1 Å². The fourth-order valence-electron chi connectivity index (χ4n) is 3.11. The van der Waals surface area contributed by atoms with Crippen LogP contribution in [0, 0.1) is 25.2 Å². The van der Waals surface area contributed by atoms with Gasteiger partial charge in [0.25, 0.3) is 0 Å². The van der Waals surface area contributed by atoms with Gasteiger partial charge in [0.15, 0.2) is 0 Å². The second-order valence-electron chi connectivity index (χ2n) is 6.94. The monoisotopic (exact) mass is 416 g/mol. The lowest BCUT2D eigenvalue weighted by Gasteiger charge is -2.12. The molecule has 0 radical (unpaired) electrons. The second kappa shape index (κ2) is 9.95. The molecule has 3 rings (SSSR count). The number of benzene rings is 2. The second-order valence-corrected chi connectivity index (χ2v) is 8.42. The van der Waals surface area contributed by atoms with Crippen molar-refractivity contribution >= 4 is 29.4 Å². The Morgan fingerprint density at radius 3 is 2.63 bits per heavy atom. The van der Waals surface area contributed by atoms with Gasteiger partial charge in [-0.25, -0.2) is 4.68 Å². The number of thioether (sulfide) groups is 1. The van der Waals surface area contributed by atoms with Crippen molar-refractivity contribution in [2.24, 2.45) is 0 Å². The van der Waals surface area contributed by atoms with E-state index in [0.29, 0.717) is 6.42 Å². The maximum Gasteiger partial charge on any atom is 0.248 e. The average molecular weight is 417 g/mol. The third kappa shape index (κ3) is 5.19. The van der Waals surface area contributed by atoms with Gasteiger partial charge < -0.3 is 5.32 Å². The first-order chi connectivity index (χ1) is 14.5. The van der Waals surface area contributed by atoms with E-state index >= 15 is 0 Å². The predicted octanol–water partition coefficient (Wildman–Crippen LogP) is 5.54. The van der Waals surface area contributed by atoms with Crippen LogP contribution in [0.3, 0.4) is 0 Å². The van der Waals surface area contributed by atoms with Crippen molar-refractivity contribution in [1.29, 1.82) is 5.26 Å². The van der Waals surface area contributed by atoms with E-state index in [4.69, 9.17) is 5.26 Å². The van der Waals surface area contributed by atoms with Gasteiger partial charge in [0.2, 0.25) is 5.91 Å². The molecular weight excluding hydrogens is 392 g/mol. The molecule has 6 heteroatoms. The van der Waals surface area contributed by atoms with E-state index in [1.165, 1.54) is 6.08 Å². The SMILES string of the molecule is Cc1nn(-c2ccccc2)c(C)c1C=CC(=O)Nc1ccccc1SC(C)CC#N. The van der Waals surface area contributed by atoms with Crippen LogP contribution < -0.4 is 5.32 Å². The van der Waals surface area contributed by atoms with E-state index in [-0.39, 0.29) is 11.2 Å². The number of nitrogens with zero attached hydrogens (tertiary/aromatic N) is 3. The van der Waals surface area contributed by atoms with Gasteiger partial charge in [-0.3, -0.25) is 4.79 Å². The Bertz CT molecular complexity index is 1100. The normalized spacial score (nSPS) is 11.9. The van der Waals surface area contributed by atoms with Gasteiger partial charge in [-0.1, -0.05) is 37.3 Å². The van der Waals surface area contributed by atoms with Crippen molar-refractivity contribution in [1.82, 2.24) is 9.78 Å². The molecule has 30 heavy (non-hydrogen) atoms. The van der Waals surface area contributed by atoms with Crippen molar-refractivity contribution in [3.63, 3.8) is 0 Å². The molecule has 0 saturated carbocycles. The Morgan fingerprint density at radius 1 is 1.20 bits per heavy atom. The van der Waals surface area contributed by atoms with E-state index in [2.05, 4.69) is 16.5 Å². The van der Waals surface area contributed by atoms with Crippen molar-refractivity contribution in [3.8, 4) is 11.8 Å². The predicted molar refractivity (Wildman–Crippen MR) is 123 cm³/mol. The molecule has 0 aliphatic heterocycles. The summed E-state index contributed by atoms with van der Waals surface area (Å²) in [5.74, 6) is -0.206. The lowest BCUT2D eigenvalue weighted by Crippen LogP contribution is -2.09. The van der Waals surface area contributed by atoms with Crippen LogP contribution >= 0.6 is 11.8 Å². The number of nitrogens with one attached hydrogen (secondary N) is 1. The summed E-state index contributed by atoms with van der Waals surface area (Å²) >= 11 is 1.58. The van der Waals surface area contributed by atoms with Gasteiger partial charge in [0.1, 0.15) is 0 Å². The number of carbonyl (C=O) groups is 1. The third-order valence-corrected chi connectivity index (χ3v) is 5.78. The Kier molecular flexibility index (Phi) is 7.10. The zero-order valence-electron chi connectivity index (χ0n) is 17.3. The highest BCUT2D eigenvalue weighted by Crippen LogP contribution is 2.31. The molecule has 0 fully saturated rings. The van der Waals surface area contributed by atoms with Crippen molar-refractivity contribution < 1.29 is 4.79 Å². The molecule has 1 aromatic heterocycles. The van der Waals surface area contributed by atoms with E-state index in [1.54, 1.807) is 17.8 Å². The topological polar surface area (TPSA) is 70.7 Å². The third-order valence-electron chi connectivity index (χ3n) is 4.60. The molecule has 1 amide bonds. The molecule has 1 N–H and O–H groups in total. The highest BCUT2D eigenvalue weighted by atomic mass is 32.2. The van der Waals surface area contributed by atoms with Crippen LogP contribution in [0.5, 0.6) is 0 Å². The first-order valence-electron chi connectivity index (χ1n) is 9.73. The zero-order chi connectivity index (χ0) is 21.5. The molecule has 152 valence electrons. The molecule has 5 nitrogen and oxygen atoms in total. The maximum atomic E-state index is 12.6. The Morgan fingerprint density at radius 2 is 1.90 bits per heavy atom. The Balaban J connectivity index is 1.75. The number of rotatable bonds is 7. The summed E-state index contributed by atoms with van der Waals surface area (Å²) in [6, 6.07) is 19.7. The summed E-state index contributed by atoms with van der Waals surface area (Å²) in [5.41, 5.74) is 4.50. The molecule has 1 heterocycles. The minimum atomic E-state index is -0.206. The van der Waals surface area contributed by atoms with Gasteiger partial charge >= 0.3 is 0 Å². The highest BCUT2D eigenvalue weighted by Gasteiger charge is 2.12. The summed E-state index contributed by atoms with van der Waals surface area (Å²) in [7, 11) is 0. The summed E-state index contributed by atoms with van der Waals surface area (Å²) in [4.78, 5) is 13.5. The van der Waals surface area contributed by atoms with Crippen LogP contribution in [-0.2, 0) is 4.79 Å². The summed E-state index contributed by atoms with van der Waals surface area (Å²) in [6.07, 6.45) is 3.80. The number of para-hydroxylation sites is 2. The van der Waals surface area contributed by atoms with Crippen molar-refractivity contribution in [2.45, 2.75) is 37.3 Å². The minimum Gasteiger partial charge on any atom is -0.321 e. The number of anilines is 1. The van der Waals surface area contributed by atoms with Crippen molar-refractivity contribution in [2.75, 3.05) is 5.32 Å². The fraction of sp³-hybridized carbons (Fsp3) is 0.208. The number of carbonyl (C=O) groups excluding carboxylic acids is 1. The molecule has 0 aliphatic carbocycles. The van der Waals surface area contributed by atoms with Crippen LogP contribution in [0.4, 0.5) is 5.69 Å². The number of aromatic nitrogens is 2. The first kappa shape index (κ1) is 21.4. The van der Waals surface area contributed by atoms with E-state index in [0.717, 1.165) is 33.2 Å². The smallest absolute Gasteiger partial charge is 0.248 e. The molecule has 0 saturated heterocycles. The number of hydrogen-bond acceptors (Lipinski definition) is 4. The van der Waals surface area contributed by atoms with Gasteiger partial charge in [-0.05, 0) is 44.2 Å². The molecule has 1 unspecified atom stereocenters. The molecule has 1 atom stereocenters. The molecular formula is C24H24N4OS. The Hall–Kier alpha value is -3.30. The molecule has 2 aromatic carbocycles. The summed E-state index contributed by atoms with van der Waals surface area (Å²) in [5, 5.41) is 16.6. The van der Waals surface area contributed by atoms with Crippen LogP contribution in [0.15, 0.2) is 65.6 Å². The largest absolute Gasteiger partial charge is 0.321 e. The maximum absolute atomic E-state index is 12.6. The standard InChI is InChI=1S/C24H24N4OS/c1-17(15-16-25)30-23-12-8-7-11-22(23)26-24(29)14-13-21-18(2)27-28(19(21)3)20-9-5-4-6-10-20/h4-14,17H,15H2,1-3H3,(H,26,29). The number of nitriles is 1. The van der Waals surface area contributed by atoms with Crippen molar-refractivity contribution in [3.05, 3.63) is 77.6 Å². The zero-order valence-corrected chi connectivity index (χ0v) is 18.1. The number of amides is 1. The lowest BCUT2D eigenvalue weighted by atomic mass is 10.2. The summed E-state index contributed by atoms with van der Waals surface area (Å²) < 4.78 is 1.88. The van der Waals surface area contributed by atoms with Crippen LogP contribution in [-0.4, -0.2) is 20.9 Å². The van der Waals surface area contributed by atoms with Crippen LogP contribution in [0.25, 0.3) is 11.8 Å². The molecule has 0 aliphatic rings. The molecule has 0 bridgehead atoms. The van der Waals surface area contributed by atoms with E-state index in [1.807, 2.05) is 80.1 Å².